The molecule has 0 fully saturated rings. The van der Waals surface area contributed by atoms with Gasteiger partial charge in [0.1, 0.15) is 11.6 Å². The van der Waals surface area contributed by atoms with Crippen molar-refractivity contribution in [2.45, 2.75) is 20.4 Å². The van der Waals surface area contributed by atoms with Crippen molar-refractivity contribution in [3.63, 3.8) is 0 Å². The Morgan fingerprint density at radius 3 is 2.90 bits per heavy atom. The van der Waals surface area contributed by atoms with E-state index in [9.17, 15) is 0 Å². The van der Waals surface area contributed by atoms with Crippen LogP contribution in [0.4, 0.5) is 5.82 Å². The lowest BCUT2D eigenvalue weighted by Crippen LogP contribution is -2.28. The number of nitrogens with zero attached hydrogens (tertiary/aromatic N) is 6. The number of nitriles is 1. The van der Waals surface area contributed by atoms with Crippen molar-refractivity contribution in [3.05, 3.63) is 12.0 Å². The second-order valence-electron chi connectivity index (χ2n) is 4.89. The first-order chi connectivity index (χ1) is 9.55. The van der Waals surface area contributed by atoms with Crippen LogP contribution in [0.25, 0.3) is 11.0 Å². The van der Waals surface area contributed by atoms with Gasteiger partial charge < -0.3 is 5.73 Å². The molecule has 2 aromatic heterocycles. The molecule has 0 amide bonds. The molecular weight excluding hydrogens is 254 g/mol. The molecule has 106 valence electrons. The van der Waals surface area contributed by atoms with Gasteiger partial charge in [-0.15, -0.1) is 0 Å². The standard InChI is InChI=1S/C13H19N7/c1-4-20(7-9(2)5-14)8-11-17-12(15)10-6-16-19(3)13(10)18-11/h6,9H,4,7-8H2,1-3H3,(H2,15,17,18). The highest BCUT2D eigenvalue weighted by Crippen LogP contribution is 2.17. The van der Waals surface area contributed by atoms with Crippen molar-refractivity contribution in [1.29, 1.82) is 5.26 Å². The van der Waals surface area contributed by atoms with Gasteiger partial charge in [0.25, 0.3) is 0 Å². The van der Waals surface area contributed by atoms with Gasteiger partial charge in [0.2, 0.25) is 0 Å². The van der Waals surface area contributed by atoms with Gasteiger partial charge in [0.05, 0.1) is 30.1 Å². The minimum atomic E-state index is -0.0206. The Morgan fingerprint density at radius 1 is 1.50 bits per heavy atom. The average molecular weight is 273 g/mol. The summed E-state index contributed by atoms with van der Waals surface area (Å²) in [6.45, 7) is 6.06. The van der Waals surface area contributed by atoms with E-state index in [0.29, 0.717) is 24.7 Å². The fraction of sp³-hybridized carbons (Fsp3) is 0.538. The molecule has 20 heavy (non-hydrogen) atoms. The maximum atomic E-state index is 8.90. The third-order valence-electron chi connectivity index (χ3n) is 3.23. The first-order valence-electron chi connectivity index (χ1n) is 6.61. The number of aromatic nitrogens is 4. The molecule has 0 saturated carbocycles. The second-order valence-corrected chi connectivity index (χ2v) is 4.89. The topological polar surface area (TPSA) is 96.7 Å². The van der Waals surface area contributed by atoms with Crippen LogP contribution in [-0.4, -0.2) is 37.7 Å². The van der Waals surface area contributed by atoms with Crippen LogP contribution >= 0.6 is 0 Å². The highest BCUT2D eigenvalue weighted by atomic mass is 15.3. The molecule has 0 radical (unpaired) electrons. The zero-order valence-corrected chi connectivity index (χ0v) is 12.0. The number of hydrogen-bond acceptors (Lipinski definition) is 6. The van der Waals surface area contributed by atoms with Crippen molar-refractivity contribution in [2.24, 2.45) is 13.0 Å². The van der Waals surface area contributed by atoms with E-state index in [1.54, 1.807) is 10.9 Å². The lowest BCUT2D eigenvalue weighted by Gasteiger charge is -2.20. The molecule has 0 aliphatic rings. The smallest absolute Gasteiger partial charge is 0.163 e. The molecule has 0 aromatic carbocycles. The predicted octanol–water partition coefficient (Wildman–Crippen LogP) is 0.927. The molecule has 7 nitrogen and oxygen atoms in total. The summed E-state index contributed by atoms with van der Waals surface area (Å²) in [5.41, 5.74) is 6.67. The molecule has 2 aromatic rings. The van der Waals surface area contributed by atoms with Crippen LogP contribution in [0.15, 0.2) is 6.20 Å². The van der Waals surface area contributed by atoms with Gasteiger partial charge in [0.15, 0.2) is 5.65 Å². The van der Waals surface area contributed by atoms with E-state index in [2.05, 4.69) is 33.0 Å². The van der Waals surface area contributed by atoms with Gasteiger partial charge in [-0.3, -0.25) is 9.58 Å². The first-order valence-corrected chi connectivity index (χ1v) is 6.61. The summed E-state index contributed by atoms with van der Waals surface area (Å²) in [5, 5.41) is 13.8. The molecule has 7 heteroatoms. The van der Waals surface area contributed by atoms with Gasteiger partial charge in [-0.25, -0.2) is 9.97 Å². The summed E-state index contributed by atoms with van der Waals surface area (Å²) in [6.07, 6.45) is 1.67. The van der Waals surface area contributed by atoms with E-state index in [4.69, 9.17) is 11.0 Å². The van der Waals surface area contributed by atoms with Crippen molar-refractivity contribution < 1.29 is 0 Å². The number of hydrogen-bond donors (Lipinski definition) is 1. The average Bonchev–Trinajstić information content (AvgIpc) is 2.80. The fourth-order valence-electron chi connectivity index (χ4n) is 2.10. The Morgan fingerprint density at radius 2 is 2.25 bits per heavy atom. The van der Waals surface area contributed by atoms with Crippen LogP contribution in [0.3, 0.4) is 0 Å². The van der Waals surface area contributed by atoms with E-state index in [1.807, 2.05) is 14.0 Å². The second kappa shape index (κ2) is 5.84. The Hall–Kier alpha value is -2.20. The third kappa shape index (κ3) is 2.86. The summed E-state index contributed by atoms with van der Waals surface area (Å²) >= 11 is 0. The fourth-order valence-corrected chi connectivity index (χ4v) is 2.10. The number of fused-ring (bicyclic) bond motifs is 1. The van der Waals surface area contributed by atoms with E-state index in [1.165, 1.54) is 0 Å². The van der Waals surface area contributed by atoms with E-state index in [-0.39, 0.29) is 5.92 Å². The minimum Gasteiger partial charge on any atom is -0.383 e. The summed E-state index contributed by atoms with van der Waals surface area (Å²) in [5.74, 6) is 1.08. The maximum Gasteiger partial charge on any atom is 0.163 e. The highest BCUT2D eigenvalue weighted by molar-refractivity contribution is 5.84. The number of nitrogen functional groups attached to an aromatic ring is 1. The normalized spacial score (nSPS) is 12.8. The van der Waals surface area contributed by atoms with Crippen molar-refractivity contribution in [3.8, 4) is 6.07 Å². The Balaban J connectivity index is 2.24. The van der Waals surface area contributed by atoms with Crippen LogP contribution in [-0.2, 0) is 13.6 Å². The first kappa shape index (κ1) is 14.2. The van der Waals surface area contributed by atoms with Crippen LogP contribution in [0.1, 0.15) is 19.7 Å². The van der Waals surface area contributed by atoms with Crippen LogP contribution in [0.5, 0.6) is 0 Å². The Labute approximate surface area is 118 Å². The minimum absolute atomic E-state index is 0.0206. The SMILES string of the molecule is CCN(Cc1nc(N)c2cnn(C)c2n1)CC(C)C#N. The zero-order valence-electron chi connectivity index (χ0n) is 12.0. The van der Waals surface area contributed by atoms with E-state index in [0.717, 1.165) is 17.6 Å². The Bertz CT molecular complexity index is 640. The molecule has 2 N–H and O–H groups in total. The van der Waals surface area contributed by atoms with E-state index >= 15 is 0 Å². The number of anilines is 1. The number of nitrogens with two attached hydrogens (primary N) is 1. The van der Waals surface area contributed by atoms with Gasteiger partial charge in [-0.1, -0.05) is 6.92 Å². The van der Waals surface area contributed by atoms with Gasteiger partial charge >= 0.3 is 0 Å². The molecule has 0 saturated heterocycles. The highest BCUT2D eigenvalue weighted by Gasteiger charge is 2.13. The Kier molecular flexibility index (Phi) is 4.15. The largest absolute Gasteiger partial charge is 0.383 e. The lowest BCUT2D eigenvalue weighted by atomic mass is 10.2. The molecule has 0 aliphatic carbocycles. The monoisotopic (exact) mass is 273 g/mol. The molecule has 1 unspecified atom stereocenters. The molecule has 0 aliphatic heterocycles. The molecular formula is C13H19N7. The van der Waals surface area contributed by atoms with Crippen LogP contribution in [0, 0.1) is 17.2 Å². The third-order valence-corrected chi connectivity index (χ3v) is 3.23. The van der Waals surface area contributed by atoms with Gasteiger partial charge in [0, 0.05) is 13.6 Å². The van der Waals surface area contributed by atoms with Crippen LogP contribution < -0.4 is 5.73 Å². The quantitative estimate of drug-likeness (QED) is 0.870. The van der Waals surface area contributed by atoms with Crippen molar-refractivity contribution >= 4 is 16.9 Å². The molecule has 2 heterocycles. The van der Waals surface area contributed by atoms with Crippen molar-refractivity contribution in [2.75, 3.05) is 18.8 Å². The molecule has 0 spiro atoms. The maximum absolute atomic E-state index is 8.90. The number of rotatable bonds is 5. The molecule has 1 atom stereocenters. The van der Waals surface area contributed by atoms with Gasteiger partial charge in [-0.2, -0.15) is 10.4 Å². The summed E-state index contributed by atoms with van der Waals surface area (Å²) in [7, 11) is 1.83. The summed E-state index contributed by atoms with van der Waals surface area (Å²) < 4.78 is 1.69. The molecule has 0 bridgehead atoms. The predicted molar refractivity (Wildman–Crippen MR) is 76.4 cm³/mol. The van der Waals surface area contributed by atoms with Crippen LogP contribution in [0.2, 0.25) is 0 Å². The number of aryl methyl sites for hydroxylation is 1. The zero-order chi connectivity index (χ0) is 14.7. The van der Waals surface area contributed by atoms with Gasteiger partial charge in [-0.05, 0) is 13.5 Å². The lowest BCUT2D eigenvalue weighted by molar-refractivity contribution is 0.254. The summed E-state index contributed by atoms with van der Waals surface area (Å²) in [4.78, 5) is 11.0. The summed E-state index contributed by atoms with van der Waals surface area (Å²) in [6, 6.07) is 2.24. The molecule has 2 rings (SSSR count). The van der Waals surface area contributed by atoms with Crippen molar-refractivity contribution in [1.82, 2.24) is 24.6 Å². The van der Waals surface area contributed by atoms with E-state index < -0.39 is 0 Å².